The molecule has 3 N–H and O–H groups in total. The molecule has 84 valence electrons. The van der Waals surface area contributed by atoms with Crippen molar-refractivity contribution in [1.82, 2.24) is 0 Å². The van der Waals surface area contributed by atoms with Crippen LogP contribution in [0.1, 0.15) is 17.2 Å². The molecule has 2 nitrogen and oxygen atoms in total. The van der Waals surface area contributed by atoms with Crippen LogP contribution in [0.4, 0.5) is 17.6 Å². The van der Waals surface area contributed by atoms with E-state index in [1.807, 2.05) is 0 Å². The number of halogens is 4. The molecule has 0 aliphatic heterocycles. The van der Waals surface area contributed by atoms with Crippen LogP contribution in [0.3, 0.4) is 0 Å². The second-order valence-electron chi connectivity index (χ2n) is 3.02. The Morgan fingerprint density at radius 3 is 2.33 bits per heavy atom. The van der Waals surface area contributed by atoms with Gasteiger partial charge in [0.2, 0.25) is 0 Å². The molecule has 15 heavy (non-hydrogen) atoms. The summed E-state index contributed by atoms with van der Waals surface area (Å²) in [4.78, 5) is 0. The highest BCUT2D eigenvalue weighted by Gasteiger charge is 2.31. The number of hydrogen-bond donors (Lipinski definition) is 2. The molecular formula is C9H9F4NO. The van der Waals surface area contributed by atoms with Crippen LogP contribution >= 0.6 is 0 Å². The Morgan fingerprint density at radius 1 is 1.33 bits per heavy atom. The van der Waals surface area contributed by atoms with Gasteiger partial charge in [-0.15, -0.1) is 0 Å². The maximum Gasteiger partial charge on any atom is 0.416 e. The van der Waals surface area contributed by atoms with E-state index in [1.54, 1.807) is 0 Å². The molecule has 0 aromatic heterocycles. The van der Waals surface area contributed by atoms with Gasteiger partial charge in [0, 0.05) is 5.56 Å². The molecule has 0 bridgehead atoms. The lowest BCUT2D eigenvalue weighted by Gasteiger charge is -2.12. The number of alkyl halides is 3. The molecule has 0 aliphatic rings. The average Bonchev–Trinajstić information content (AvgIpc) is 2.15. The van der Waals surface area contributed by atoms with Crippen LogP contribution in [-0.4, -0.2) is 11.7 Å². The van der Waals surface area contributed by atoms with Crippen molar-refractivity contribution in [2.45, 2.75) is 12.2 Å². The van der Waals surface area contributed by atoms with Gasteiger partial charge in [0.1, 0.15) is 5.82 Å². The third-order valence-electron chi connectivity index (χ3n) is 1.92. The predicted octanol–water partition coefficient (Wildman–Crippen LogP) is 1.84. The van der Waals surface area contributed by atoms with Crippen molar-refractivity contribution in [3.05, 3.63) is 35.1 Å². The van der Waals surface area contributed by atoms with Crippen molar-refractivity contribution in [3.63, 3.8) is 0 Å². The van der Waals surface area contributed by atoms with Gasteiger partial charge in [0.05, 0.1) is 18.2 Å². The second-order valence-corrected chi connectivity index (χ2v) is 3.02. The highest BCUT2D eigenvalue weighted by molar-refractivity contribution is 5.28. The zero-order chi connectivity index (χ0) is 11.6. The van der Waals surface area contributed by atoms with Crippen LogP contribution in [0.2, 0.25) is 0 Å². The van der Waals surface area contributed by atoms with Gasteiger partial charge in [-0.1, -0.05) is 6.07 Å². The monoisotopic (exact) mass is 223 g/mol. The van der Waals surface area contributed by atoms with E-state index in [0.717, 1.165) is 12.1 Å². The summed E-state index contributed by atoms with van der Waals surface area (Å²) in [7, 11) is 0. The Kier molecular flexibility index (Phi) is 3.31. The van der Waals surface area contributed by atoms with Gasteiger partial charge >= 0.3 is 6.18 Å². The Bertz CT molecular complexity index is 350. The number of benzene rings is 1. The summed E-state index contributed by atoms with van der Waals surface area (Å²) in [5.41, 5.74) is 4.07. The molecule has 1 rings (SSSR count). The zero-order valence-electron chi connectivity index (χ0n) is 7.55. The van der Waals surface area contributed by atoms with Crippen LogP contribution < -0.4 is 5.73 Å². The standard InChI is InChI=1S/C9H9F4NO/c10-7-3-5(9(11,12)13)1-2-6(7)8(14)4-15/h1-3,8,15H,4,14H2/t8-/m1/s1. The molecule has 0 saturated carbocycles. The lowest BCUT2D eigenvalue weighted by molar-refractivity contribution is -0.137. The summed E-state index contributed by atoms with van der Waals surface area (Å²) in [6.07, 6.45) is -4.58. The SMILES string of the molecule is N[C@H](CO)c1ccc(C(F)(F)F)cc1F. The fourth-order valence-electron chi connectivity index (χ4n) is 1.10. The quantitative estimate of drug-likeness (QED) is 0.751. The number of aliphatic hydroxyl groups excluding tert-OH is 1. The molecule has 1 aromatic carbocycles. The molecule has 1 atom stereocenters. The van der Waals surface area contributed by atoms with Gasteiger partial charge in [0.25, 0.3) is 0 Å². The van der Waals surface area contributed by atoms with Crippen molar-refractivity contribution in [2.75, 3.05) is 6.61 Å². The first-order valence-electron chi connectivity index (χ1n) is 4.09. The highest BCUT2D eigenvalue weighted by Crippen LogP contribution is 2.30. The predicted molar refractivity (Wildman–Crippen MR) is 45.4 cm³/mol. The third-order valence-corrected chi connectivity index (χ3v) is 1.92. The van der Waals surface area contributed by atoms with Crippen molar-refractivity contribution in [3.8, 4) is 0 Å². The van der Waals surface area contributed by atoms with E-state index in [1.165, 1.54) is 0 Å². The van der Waals surface area contributed by atoms with Crippen molar-refractivity contribution in [2.24, 2.45) is 5.73 Å². The number of hydrogen-bond acceptors (Lipinski definition) is 2. The summed E-state index contributed by atoms with van der Waals surface area (Å²) in [5.74, 6) is -1.06. The van der Waals surface area contributed by atoms with E-state index in [-0.39, 0.29) is 5.56 Å². The molecule has 0 unspecified atom stereocenters. The van der Waals surface area contributed by atoms with Gasteiger partial charge in [0.15, 0.2) is 0 Å². The number of rotatable bonds is 2. The largest absolute Gasteiger partial charge is 0.416 e. The number of aliphatic hydroxyl groups is 1. The fourth-order valence-corrected chi connectivity index (χ4v) is 1.10. The van der Waals surface area contributed by atoms with E-state index in [9.17, 15) is 17.6 Å². The zero-order valence-corrected chi connectivity index (χ0v) is 7.55. The van der Waals surface area contributed by atoms with Crippen LogP contribution in [0.15, 0.2) is 18.2 Å². The summed E-state index contributed by atoms with van der Waals surface area (Å²) >= 11 is 0. The normalized spacial score (nSPS) is 14.0. The lowest BCUT2D eigenvalue weighted by atomic mass is 10.1. The third kappa shape index (κ3) is 2.66. The molecule has 0 aliphatic carbocycles. The van der Waals surface area contributed by atoms with Crippen molar-refractivity contribution in [1.29, 1.82) is 0 Å². The van der Waals surface area contributed by atoms with Crippen molar-refractivity contribution < 1.29 is 22.7 Å². The Hall–Kier alpha value is -1.14. The highest BCUT2D eigenvalue weighted by atomic mass is 19.4. The van der Waals surface area contributed by atoms with Gasteiger partial charge in [-0.2, -0.15) is 13.2 Å². The van der Waals surface area contributed by atoms with Crippen LogP contribution in [0.5, 0.6) is 0 Å². The number of nitrogens with two attached hydrogens (primary N) is 1. The van der Waals surface area contributed by atoms with E-state index in [4.69, 9.17) is 10.8 Å². The first-order chi connectivity index (χ1) is 6.86. The van der Waals surface area contributed by atoms with Crippen LogP contribution in [0, 0.1) is 5.82 Å². The maximum atomic E-state index is 13.1. The minimum atomic E-state index is -4.58. The van der Waals surface area contributed by atoms with Gasteiger partial charge < -0.3 is 10.8 Å². The molecule has 0 fully saturated rings. The van der Waals surface area contributed by atoms with Gasteiger partial charge in [-0.25, -0.2) is 4.39 Å². The minimum absolute atomic E-state index is 0.134. The summed E-state index contributed by atoms with van der Waals surface area (Å²) < 4.78 is 49.5. The molecule has 0 radical (unpaired) electrons. The van der Waals surface area contributed by atoms with E-state index < -0.39 is 30.2 Å². The Balaban J connectivity index is 3.09. The van der Waals surface area contributed by atoms with Crippen molar-refractivity contribution >= 4 is 0 Å². The molecule has 0 saturated heterocycles. The van der Waals surface area contributed by atoms with Gasteiger partial charge in [-0.05, 0) is 12.1 Å². The topological polar surface area (TPSA) is 46.2 Å². The maximum absolute atomic E-state index is 13.1. The van der Waals surface area contributed by atoms with Crippen LogP contribution in [-0.2, 0) is 6.18 Å². The summed E-state index contributed by atoms with van der Waals surface area (Å²) in [6.45, 7) is -0.526. The lowest BCUT2D eigenvalue weighted by Crippen LogP contribution is -2.17. The molecular weight excluding hydrogens is 214 g/mol. The molecule has 0 amide bonds. The average molecular weight is 223 g/mol. The molecule has 0 spiro atoms. The van der Waals surface area contributed by atoms with E-state index in [0.29, 0.717) is 6.07 Å². The molecule has 0 heterocycles. The second kappa shape index (κ2) is 4.16. The van der Waals surface area contributed by atoms with Gasteiger partial charge in [-0.3, -0.25) is 0 Å². The Morgan fingerprint density at radius 2 is 1.93 bits per heavy atom. The molecule has 1 aromatic rings. The first-order valence-corrected chi connectivity index (χ1v) is 4.09. The fraction of sp³-hybridized carbons (Fsp3) is 0.333. The smallest absolute Gasteiger partial charge is 0.394 e. The first kappa shape index (κ1) is 11.9. The minimum Gasteiger partial charge on any atom is -0.394 e. The summed E-state index contributed by atoms with van der Waals surface area (Å²) in [5, 5.41) is 8.63. The van der Waals surface area contributed by atoms with Crippen LogP contribution in [0.25, 0.3) is 0 Å². The Labute approximate surface area is 83.3 Å². The molecule has 6 heteroatoms. The van der Waals surface area contributed by atoms with E-state index in [2.05, 4.69) is 0 Å². The summed E-state index contributed by atoms with van der Waals surface area (Å²) in [6, 6.07) is 1.02. The van der Waals surface area contributed by atoms with E-state index >= 15 is 0 Å².